The summed E-state index contributed by atoms with van der Waals surface area (Å²) in [5.74, 6) is 0.374. The fourth-order valence-electron chi connectivity index (χ4n) is 2.12. The Morgan fingerprint density at radius 1 is 1.55 bits per heavy atom. The van der Waals surface area contributed by atoms with Crippen LogP contribution in [0.5, 0.6) is 5.88 Å². The van der Waals surface area contributed by atoms with E-state index >= 15 is 0 Å². The number of hydrogen-bond acceptors (Lipinski definition) is 5. The van der Waals surface area contributed by atoms with E-state index in [0.717, 1.165) is 0 Å². The van der Waals surface area contributed by atoms with E-state index in [0.29, 0.717) is 24.5 Å². The highest BCUT2D eigenvalue weighted by Crippen LogP contribution is 2.31. The maximum absolute atomic E-state index is 12.2. The lowest BCUT2D eigenvalue weighted by molar-refractivity contribution is -0.119. The average Bonchev–Trinajstić information content (AvgIpc) is 2.36. The van der Waals surface area contributed by atoms with Crippen LogP contribution in [0, 0.1) is 0 Å². The summed E-state index contributed by atoms with van der Waals surface area (Å²) in [6.45, 7) is 2.32. The molecule has 110 valence electrons. The normalized spacial score (nSPS) is 18.3. The zero-order chi connectivity index (χ0) is 14.8. The first-order chi connectivity index (χ1) is 9.37. The number of carbonyl (C=O) groups excluding carboxylic acids is 1. The predicted octanol–water partition coefficient (Wildman–Crippen LogP) is 1.02. The van der Waals surface area contributed by atoms with Crippen LogP contribution in [0.15, 0.2) is 18.3 Å². The lowest BCUT2D eigenvalue weighted by atomic mass is 10.2. The third kappa shape index (κ3) is 3.69. The fraction of sp³-hybridized carbons (Fsp3) is 0.538. The van der Waals surface area contributed by atoms with Crippen LogP contribution < -0.4 is 9.64 Å². The first-order valence-corrected chi connectivity index (χ1v) is 8.52. The van der Waals surface area contributed by atoms with Gasteiger partial charge < -0.3 is 9.64 Å². The molecule has 0 spiro atoms. The summed E-state index contributed by atoms with van der Waals surface area (Å²) in [5, 5.41) is 0. The van der Waals surface area contributed by atoms with Crippen molar-refractivity contribution >= 4 is 21.4 Å². The van der Waals surface area contributed by atoms with Gasteiger partial charge in [0.15, 0.2) is 0 Å². The molecule has 0 bridgehead atoms. The zero-order valence-corrected chi connectivity index (χ0v) is 12.4. The first-order valence-electron chi connectivity index (χ1n) is 6.46. The number of nitrogens with zero attached hydrogens (tertiary/aromatic N) is 2. The molecule has 1 aromatic rings. The molecule has 0 N–H and O–H groups in total. The molecule has 2 rings (SSSR count). The highest BCUT2D eigenvalue weighted by atomic mass is 32.2. The highest BCUT2D eigenvalue weighted by molar-refractivity contribution is 7.90. The van der Waals surface area contributed by atoms with E-state index < -0.39 is 9.84 Å². The Morgan fingerprint density at radius 2 is 2.30 bits per heavy atom. The fourth-order valence-corrected chi connectivity index (χ4v) is 2.79. The van der Waals surface area contributed by atoms with E-state index in [1.54, 1.807) is 23.2 Å². The third-order valence-corrected chi connectivity index (χ3v) is 4.03. The molecule has 1 aliphatic rings. The third-order valence-electron chi connectivity index (χ3n) is 3.00. The second-order valence-corrected chi connectivity index (χ2v) is 7.25. The SMILES string of the molecule is CC1CN(C(=O)CCCS(C)(=O)=O)c2cccnc2O1. The smallest absolute Gasteiger partial charge is 0.238 e. The summed E-state index contributed by atoms with van der Waals surface area (Å²) in [4.78, 5) is 18.0. The molecule has 0 saturated carbocycles. The Kier molecular flexibility index (Phi) is 4.27. The molecular formula is C13H18N2O4S. The summed E-state index contributed by atoms with van der Waals surface area (Å²) >= 11 is 0. The maximum atomic E-state index is 12.2. The van der Waals surface area contributed by atoms with E-state index in [1.165, 1.54) is 6.26 Å². The Morgan fingerprint density at radius 3 is 3.00 bits per heavy atom. The van der Waals surface area contributed by atoms with Crippen molar-refractivity contribution in [1.29, 1.82) is 0 Å². The van der Waals surface area contributed by atoms with Crippen LogP contribution in [-0.2, 0) is 14.6 Å². The number of fused-ring (bicyclic) bond motifs is 1. The molecule has 1 atom stereocenters. The van der Waals surface area contributed by atoms with Crippen LogP contribution in [0.25, 0.3) is 0 Å². The summed E-state index contributed by atoms with van der Waals surface area (Å²) in [6.07, 6.45) is 3.19. The van der Waals surface area contributed by atoms with Crippen LogP contribution in [0.1, 0.15) is 19.8 Å². The average molecular weight is 298 g/mol. The minimum absolute atomic E-state index is 0.0263. The van der Waals surface area contributed by atoms with Gasteiger partial charge in [-0.15, -0.1) is 0 Å². The lowest BCUT2D eigenvalue weighted by Gasteiger charge is -2.32. The monoisotopic (exact) mass is 298 g/mol. The van der Waals surface area contributed by atoms with E-state index in [1.807, 2.05) is 6.92 Å². The van der Waals surface area contributed by atoms with Crippen molar-refractivity contribution in [3.05, 3.63) is 18.3 Å². The van der Waals surface area contributed by atoms with Crippen molar-refractivity contribution in [2.45, 2.75) is 25.9 Å². The molecule has 2 heterocycles. The van der Waals surface area contributed by atoms with Crippen LogP contribution in [0.3, 0.4) is 0 Å². The van der Waals surface area contributed by atoms with Gasteiger partial charge in [0.25, 0.3) is 0 Å². The summed E-state index contributed by atoms with van der Waals surface area (Å²) < 4.78 is 27.7. The lowest BCUT2D eigenvalue weighted by Crippen LogP contribution is -2.42. The number of carbonyl (C=O) groups is 1. The van der Waals surface area contributed by atoms with Crippen molar-refractivity contribution in [1.82, 2.24) is 4.98 Å². The van der Waals surface area contributed by atoms with Gasteiger partial charge in [0.1, 0.15) is 21.6 Å². The van der Waals surface area contributed by atoms with Crippen molar-refractivity contribution in [3.63, 3.8) is 0 Å². The summed E-state index contributed by atoms with van der Waals surface area (Å²) in [6, 6.07) is 3.53. The number of ether oxygens (including phenoxy) is 1. The van der Waals surface area contributed by atoms with Crippen molar-refractivity contribution in [2.24, 2.45) is 0 Å². The number of hydrogen-bond donors (Lipinski definition) is 0. The molecule has 0 aliphatic carbocycles. The molecule has 6 nitrogen and oxygen atoms in total. The number of aromatic nitrogens is 1. The van der Waals surface area contributed by atoms with Gasteiger partial charge in [-0.3, -0.25) is 4.79 Å². The second-order valence-electron chi connectivity index (χ2n) is 4.99. The number of anilines is 1. The van der Waals surface area contributed by atoms with Crippen LogP contribution in [-0.4, -0.2) is 44.0 Å². The van der Waals surface area contributed by atoms with E-state index in [2.05, 4.69) is 4.98 Å². The van der Waals surface area contributed by atoms with E-state index in [-0.39, 0.29) is 24.2 Å². The molecule has 20 heavy (non-hydrogen) atoms. The Balaban J connectivity index is 2.07. The number of rotatable bonds is 4. The van der Waals surface area contributed by atoms with Gasteiger partial charge in [0.2, 0.25) is 11.8 Å². The molecule has 0 aromatic carbocycles. The molecule has 0 fully saturated rings. The predicted molar refractivity (Wildman–Crippen MR) is 75.6 cm³/mol. The number of amides is 1. The van der Waals surface area contributed by atoms with E-state index in [4.69, 9.17) is 4.74 Å². The zero-order valence-electron chi connectivity index (χ0n) is 11.6. The molecule has 7 heteroatoms. The van der Waals surface area contributed by atoms with Crippen molar-refractivity contribution in [3.8, 4) is 5.88 Å². The van der Waals surface area contributed by atoms with E-state index in [9.17, 15) is 13.2 Å². The van der Waals surface area contributed by atoms with Gasteiger partial charge in [-0.1, -0.05) is 0 Å². The van der Waals surface area contributed by atoms with Crippen LogP contribution in [0.2, 0.25) is 0 Å². The molecule has 0 saturated heterocycles. The molecule has 1 amide bonds. The summed E-state index contributed by atoms with van der Waals surface area (Å²) in [7, 11) is -3.03. The minimum atomic E-state index is -3.03. The molecular weight excluding hydrogens is 280 g/mol. The minimum Gasteiger partial charge on any atom is -0.471 e. The standard InChI is InChI=1S/C13H18N2O4S/c1-10-9-15(11-5-3-7-14-13(11)19-10)12(16)6-4-8-20(2,17)18/h3,5,7,10H,4,6,8-9H2,1-2H3. The Bertz CT molecular complexity index is 600. The highest BCUT2D eigenvalue weighted by Gasteiger charge is 2.27. The Labute approximate surface area is 118 Å². The van der Waals surface area contributed by atoms with Crippen LogP contribution in [0.4, 0.5) is 5.69 Å². The number of sulfone groups is 1. The first kappa shape index (κ1) is 14.8. The topological polar surface area (TPSA) is 76.6 Å². The quantitative estimate of drug-likeness (QED) is 0.829. The van der Waals surface area contributed by atoms with Gasteiger partial charge in [-0.05, 0) is 25.5 Å². The Hall–Kier alpha value is -1.63. The molecule has 1 aromatic heterocycles. The molecule has 0 radical (unpaired) electrons. The van der Waals surface area contributed by atoms with Gasteiger partial charge in [-0.2, -0.15) is 0 Å². The van der Waals surface area contributed by atoms with Crippen LogP contribution >= 0.6 is 0 Å². The van der Waals surface area contributed by atoms with Crippen molar-refractivity contribution < 1.29 is 17.9 Å². The van der Waals surface area contributed by atoms with Gasteiger partial charge in [0, 0.05) is 18.9 Å². The largest absolute Gasteiger partial charge is 0.471 e. The van der Waals surface area contributed by atoms with Gasteiger partial charge in [0.05, 0.1) is 12.3 Å². The second kappa shape index (κ2) is 5.78. The van der Waals surface area contributed by atoms with Gasteiger partial charge in [-0.25, -0.2) is 13.4 Å². The van der Waals surface area contributed by atoms with Crippen molar-refractivity contribution in [2.75, 3.05) is 23.5 Å². The van der Waals surface area contributed by atoms with Gasteiger partial charge >= 0.3 is 0 Å². The number of pyridine rings is 1. The molecule has 1 unspecified atom stereocenters. The summed E-state index contributed by atoms with van der Waals surface area (Å²) in [5.41, 5.74) is 0.648. The molecule has 1 aliphatic heterocycles. The maximum Gasteiger partial charge on any atom is 0.238 e.